The largest absolute Gasteiger partial charge is 0.377 e. The Labute approximate surface area is 95.8 Å². The highest BCUT2D eigenvalue weighted by atomic mass is 16.5. The molecule has 0 fully saturated rings. The zero-order chi connectivity index (χ0) is 11.5. The van der Waals surface area contributed by atoms with Gasteiger partial charge in [0, 0.05) is 13.2 Å². The SMILES string of the molecule is CCCNCC(CC)OCCCC(C)C. The van der Waals surface area contributed by atoms with Crippen LogP contribution in [0.15, 0.2) is 0 Å². The van der Waals surface area contributed by atoms with Gasteiger partial charge in [-0.3, -0.25) is 0 Å². The number of hydrogen-bond donors (Lipinski definition) is 1. The van der Waals surface area contributed by atoms with E-state index in [2.05, 4.69) is 33.0 Å². The minimum absolute atomic E-state index is 0.406. The molecule has 2 nitrogen and oxygen atoms in total. The monoisotopic (exact) mass is 215 g/mol. The van der Waals surface area contributed by atoms with Crippen LogP contribution in [0.25, 0.3) is 0 Å². The molecule has 0 aromatic rings. The summed E-state index contributed by atoms with van der Waals surface area (Å²) in [4.78, 5) is 0. The van der Waals surface area contributed by atoms with E-state index < -0.39 is 0 Å². The molecule has 0 aromatic heterocycles. The zero-order valence-electron chi connectivity index (χ0n) is 11.0. The van der Waals surface area contributed by atoms with Crippen molar-refractivity contribution in [3.05, 3.63) is 0 Å². The van der Waals surface area contributed by atoms with Crippen LogP contribution in [0.1, 0.15) is 53.4 Å². The number of hydrogen-bond acceptors (Lipinski definition) is 2. The van der Waals surface area contributed by atoms with E-state index in [4.69, 9.17) is 4.74 Å². The highest BCUT2D eigenvalue weighted by Crippen LogP contribution is 2.05. The lowest BCUT2D eigenvalue weighted by Gasteiger charge is -2.17. The molecule has 1 atom stereocenters. The molecular weight excluding hydrogens is 186 g/mol. The maximum atomic E-state index is 5.83. The molecule has 0 amide bonds. The molecule has 0 aromatic carbocycles. The number of nitrogens with one attached hydrogen (secondary N) is 1. The predicted octanol–water partition coefficient (Wildman–Crippen LogP) is 3.22. The fourth-order valence-corrected chi connectivity index (χ4v) is 1.50. The van der Waals surface area contributed by atoms with Crippen LogP contribution < -0.4 is 5.32 Å². The van der Waals surface area contributed by atoms with Crippen molar-refractivity contribution in [3.63, 3.8) is 0 Å². The maximum absolute atomic E-state index is 5.83. The van der Waals surface area contributed by atoms with E-state index >= 15 is 0 Å². The number of ether oxygens (including phenoxy) is 1. The molecule has 15 heavy (non-hydrogen) atoms. The van der Waals surface area contributed by atoms with Gasteiger partial charge in [-0.1, -0.05) is 27.7 Å². The minimum atomic E-state index is 0.406. The first-order valence-corrected chi connectivity index (χ1v) is 6.53. The quantitative estimate of drug-likeness (QED) is 0.565. The van der Waals surface area contributed by atoms with Gasteiger partial charge in [0.1, 0.15) is 0 Å². The summed E-state index contributed by atoms with van der Waals surface area (Å²) in [6, 6.07) is 0. The smallest absolute Gasteiger partial charge is 0.0696 e. The van der Waals surface area contributed by atoms with Gasteiger partial charge >= 0.3 is 0 Å². The molecule has 0 radical (unpaired) electrons. The third-order valence-corrected chi connectivity index (χ3v) is 2.53. The molecule has 92 valence electrons. The van der Waals surface area contributed by atoms with Crippen molar-refractivity contribution < 1.29 is 4.74 Å². The van der Waals surface area contributed by atoms with Crippen LogP contribution in [0.5, 0.6) is 0 Å². The van der Waals surface area contributed by atoms with Crippen molar-refractivity contribution in [3.8, 4) is 0 Å². The highest BCUT2D eigenvalue weighted by Gasteiger charge is 2.05. The van der Waals surface area contributed by atoms with E-state index in [0.717, 1.165) is 32.0 Å². The molecular formula is C13H29NO. The zero-order valence-corrected chi connectivity index (χ0v) is 11.0. The van der Waals surface area contributed by atoms with E-state index in [0.29, 0.717) is 6.10 Å². The molecule has 2 heteroatoms. The van der Waals surface area contributed by atoms with Crippen LogP contribution >= 0.6 is 0 Å². The Bertz CT molecular complexity index is 126. The molecule has 0 heterocycles. The average molecular weight is 215 g/mol. The van der Waals surface area contributed by atoms with Crippen LogP contribution in [0, 0.1) is 5.92 Å². The Hall–Kier alpha value is -0.0800. The van der Waals surface area contributed by atoms with Gasteiger partial charge in [0.2, 0.25) is 0 Å². The summed E-state index contributed by atoms with van der Waals surface area (Å²) < 4.78 is 5.83. The normalized spacial score (nSPS) is 13.4. The Morgan fingerprint density at radius 3 is 2.47 bits per heavy atom. The molecule has 0 aliphatic carbocycles. The van der Waals surface area contributed by atoms with Crippen LogP contribution in [0.4, 0.5) is 0 Å². The summed E-state index contributed by atoms with van der Waals surface area (Å²) >= 11 is 0. The van der Waals surface area contributed by atoms with Crippen LogP contribution in [-0.2, 0) is 4.74 Å². The van der Waals surface area contributed by atoms with Gasteiger partial charge in [0.25, 0.3) is 0 Å². The molecule has 0 saturated heterocycles. The van der Waals surface area contributed by atoms with Crippen LogP contribution in [-0.4, -0.2) is 25.8 Å². The lowest BCUT2D eigenvalue weighted by atomic mass is 10.1. The lowest BCUT2D eigenvalue weighted by molar-refractivity contribution is 0.0472. The van der Waals surface area contributed by atoms with Crippen molar-refractivity contribution in [2.75, 3.05) is 19.7 Å². The summed E-state index contributed by atoms with van der Waals surface area (Å²) in [5, 5.41) is 3.41. The number of rotatable bonds is 10. The molecule has 0 aliphatic heterocycles. The third-order valence-electron chi connectivity index (χ3n) is 2.53. The van der Waals surface area contributed by atoms with Gasteiger partial charge in [-0.15, -0.1) is 0 Å². The average Bonchev–Trinajstić information content (AvgIpc) is 2.21. The molecule has 0 aliphatic rings. The van der Waals surface area contributed by atoms with Crippen LogP contribution in [0.2, 0.25) is 0 Å². The Kier molecular flexibility index (Phi) is 10.4. The van der Waals surface area contributed by atoms with Crippen molar-refractivity contribution in [1.82, 2.24) is 5.32 Å². The van der Waals surface area contributed by atoms with E-state index in [9.17, 15) is 0 Å². The minimum Gasteiger partial charge on any atom is -0.377 e. The molecule has 0 saturated carbocycles. The molecule has 1 N–H and O–H groups in total. The van der Waals surface area contributed by atoms with Crippen LogP contribution in [0.3, 0.4) is 0 Å². The summed E-state index contributed by atoms with van der Waals surface area (Å²) in [5.41, 5.74) is 0. The first-order valence-electron chi connectivity index (χ1n) is 6.53. The maximum Gasteiger partial charge on any atom is 0.0696 e. The Morgan fingerprint density at radius 2 is 1.93 bits per heavy atom. The van der Waals surface area contributed by atoms with E-state index in [1.165, 1.54) is 19.3 Å². The van der Waals surface area contributed by atoms with Gasteiger partial charge < -0.3 is 10.1 Å². The standard InChI is InChI=1S/C13H29NO/c1-5-9-14-11-13(6-2)15-10-7-8-12(3)4/h12-14H,5-11H2,1-4H3. The second kappa shape index (κ2) is 10.4. The first kappa shape index (κ1) is 14.9. The second-order valence-corrected chi connectivity index (χ2v) is 4.64. The van der Waals surface area contributed by atoms with Gasteiger partial charge in [0.05, 0.1) is 6.10 Å². The third kappa shape index (κ3) is 10.2. The Balaban J connectivity index is 3.35. The molecule has 0 rings (SSSR count). The van der Waals surface area contributed by atoms with Gasteiger partial charge in [-0.2, -0.15) is 0 Å². The van der Waals surface area contributed by atoms with Crippen molar-refractivity contribution in [1.29, 1.82) is 0 Å². The lowest BCUT2D eigenvalue weighted by Crippen LogP contribution is -2.29. The summed E-state index contributed by atoms with van der Waals surface area (Å²) in [5.74, 6) is 0.798. The van der Waals surface area contributed by atoms with E-state index in [1.54, 1.807) is 0 Å². The van der Waals surface area contributed by atoms with Gasteiger partial charge in [0.15, 0.2) is 0 Å². The summed E-state index contributed by atoms with van der Waals surface area (Å²) in [7, 11) is 0. The fraction of sp³-hybridized carbons (Fsp3) is 1.00. The van der Waals surface area contributed by atoms with Crippen molar-refractivity contribution in [2.45, 2.75) is 59.5 Å². The molecule has 0 bridgehead atoms. The summed E-state index contributed by atoms with van der Waals surface area (Å²) in [6.45, 7) is 11.9. The molecule has 1 unspecified atom stereocenters. The molecule has 0 spiro atoms. The van der Waals surface area contributed by atoms with E-state index in [1.807, 2.05) is 0 Å². The predicted molar refractivity (Wildman–Crippen MR) is 67.3 cm³/mol. The van der Waals surface area contributed by atoms with Crippen molar-refractivity contribution in [2.24, 2.45) is 5.92 Å². The summed E-state index contributed by atoms with van der Waals surface area (Å²) in [6.07, 6.45) is 5.19. The highest BCUT2D eigenvalue weighted by molar-refractivity contribution is 4.59. The van der Waals surface area contributed by atoms with Gasteiger partial charge in [-0.05, 0) is 38.1 Å². The van der Waals surface area contributed by atoms with Gasteiger partial charge in [-0.25, -0.2) is 0 Å². The Morgan fingerprint density at radius 1 is 1.20 bits per heavy atom. The topological polar surface area (TPSA) is 21.3 Å². The fourth-order valence-electron chi connectivity index (χ4n) is 1.50. The second-order valence-electron chi connectivity index (χ2n) is 4.64. The first-order chi connectivity index (χ1) is 7.20. The van der Waals surface area contributed by atoms with E-state index in [-0.39, 0.29) is 0 Å². The van der Waals surface area contributed by atoms with Crippen molar-refractivity contribution >= 4 is 0 Å².